The molecule has 120 valence electrons. The Morgan fingerprint density at radius 1 is 1.35 bits per heavy atom. The van der Waals surface area contributed by atoms with Crippen LogP contribution in [0.15, 0.2) is 33.5 Å². The molecule has 1 amide bonds. The van der Waals surface area contributed by atoms with Gasteiger partial charge in [-0.25, -0.2) is 0 Å². The lowest BCUT2D eigenvalue weighted by atomic mass is 9.99. The van der Waals surface area contributed by atoms with Gasteiger partial charge in [-0.1, -0.05) is 19.1 Å². The fraction of sp³-hybridized carbons (Fsp3) is 0.312. The van der Waals surface area contributed by atoms with Crippen LogP contribution >= 0.6 is 15.9 Å². The van der Waals surface area contributed by atoms with Gasteiger partial charge in [0, 0.05) is 29.0 Å². The Labute approximate surface area is 140 Å². The molecular weight excluding hydrogens is 364 g/mol. The van der Waals surface area contributed by atoms with Crippen molar-refractivity contribution >= 4 is 38.7 Å². The van der Waals surface area contributed by atoms with E-state index in [2.05, 4.69) is 20.9 Å². The first-order valence-electron chi connectivity index (χ1n) is 7.22. The van der Waals surface area contributed by atoms with Crippen molar-refractivity contribution in [3.63, 3.8) is 0 Å². The highest BCUT2D eigenvalue weighted by molar-refractivity contribution is 9.10. The summed E-state index contributed by atoms with van der Waals surface area (Å²) in [4.78, 5) is 40.1. The monoisotopic (exact) mass is 378 g/mol. The molecule has 23 heavy (non-hydrogen) atoms. The second-order valence-electron chi connectivity index (χ2n) is 5.84. The molecule has 6 nitrogen and oxygen atoms in total. The van der Waals surface area contributed by atoms with Gasteiger partial charge in [0.05, 0.1) is 17.0 Å². The number of para-hydroxylation sites is 1. The van der Waals surface area contributed by atoms with Crippen molar-refractivity contribution < 1.29 is 14.7 Å². The van der Waals surface area contributed by atoms with Crippen LogP contribution in [0.4, 0.5) is 0 Å². The Hall–Kier alpha value is -2.15. The highest BCUT2D eigenvalue weighted by Gasteiger charge is 2.37. The molecule has 2 aromatic rings. The summed E-state index contributed by atoms with van der Waals surface area (Å²) in [6.45, 7) is 2.36. The minimum Gasteiger partial charge on any atom is -0.481 e. The zero-order valence-corrected chi connectivity index (χ0v) is 14.0. The zero-order valence-electron chi connectivity index (χ0n) is 12.4. The van der Waals surface area contributed by atoms with E-state index in [1.165, 1.54) is 11.0 Å². The molecule has 1 aromatic heterocycles. The van der Waals surface area contributed by atoms with Crippen LogP contribution in [0.3, 0.4) is 0 Å². The largest absolute Gasteiger partial charge is 0.481 e. The maximum atomic E-state index is 12.8. The summed E-state index contributed by atoms with van der Waals surface area (Å²) in [5.74, 6) is -1.89. The summed E-state index contributed by atoms with van der Waals surface area (Å²) < 4.78 is 0.694. The van der Waals surface area contributed by atoms with Gasteiger partial charge in [-0.3, -0.25) is 14.4 Å². The molecule has 1 saturated heterocycles. The topological polar surface area (TPSA) is 90.5 Å². The van der Waals surface area contributed by atoms with Crippen LogP contribution in [0.5, 0.6) is 0 Å². The average molecular weight is 379 g/mol. The lowest BCUT2D eigenvalue weighted by Crippen LogP contribution is -2.31. The molecule has 0 spiro atoms. The normalized spacial score (nSPS) is 20.9. The molecule has 2 N–H and O–H groups in total. The number of pyridine rings is 1. The molecule has 0 bridgehead atoms. The molecule has 0 saturated carbocycles. The number of rotatable bonds is 2. The molecule has 0 unspecified atom stereocenters. The summed E-state index contributed by atoms with van der Waals surface area (Å²) in [6.07, 6.45) is 0. The number of amides is 1. The number of fused-ring (bicyclic) bond motifs is 1. The number of carboxylic acid groups (broad SMARTS) is 1. The van der Waals surface area contributed by atoms with Crippen LogP contribution in [-0.2, 0) is 4.79 Å². The Bertz CT molecular complexity index is 861. The number of aromatic amines is 1. The molecule has 2 heterocycles. The van der Waals surface area contributed by atoms with Crippen molar-refractivity contribution in [1.29, 1.82) is 0 Å². The van der Waals surface area contributed by atoms with Gasteiger partial charge >= 0.3 is 5.97 Å². The molecule has 3 rings (SSSR count). The van der Waals surface area contributed by atoms with Crippen molar-refractivity contribution in [2.24, 2.45) is 11.8 Å². The maximum Gasteiger partial charge on any atom is 0.308 e. The Morgan fingerprint density at radius 3 is 2.74 bits per heavy atom. The van der Waals surface area contributed by atoms with Gasteiger partial charge in [-0.15, -0.1) is 0 Å². The number of nitrogens with zero attached hydrogens (tertiary/aromatic N) is 1. The lowest BCUT2D eigenvalue weighted by molar-refractivity contribution is -0.142. The molecule has 1 fully saturated rings. The number of carboxylic acids is 1. The van der Waals surface area contributed by atoms with E-state index < -0.39 is 11.9 Å². The number of halogens is 1. The highest BCUT2D eigenvalue weighted by atomic mass is 79.9. The number of aliphatic carboxylic acids is 1. The summed E-state index contributed by atoms with van der Waals surface area (Å²) in [7, 11) is 0. The number of nitrogens with one attached hydrogen (secondary N) is 1. The number of carbonyl (C=O) groups excluding carboxylic acids is 1. The minimum absolute atomic E-state index is 0.114. The first-order valence-corrected chi connectivity index (χ1v) is 8.01. The SMILES string of the molecule is C[C@@H]1CN(C(=O)c2cc(=O)[nH]c3c(Br)cccc23)C[C@H]1C(=O)O. The quantitative estimate of drug-likeness (QED) is 0.836. The Balaban J connectivity index is 2.04. The predicted octanol–water partition coefficient (Wildman–Crippen LogP) is 2.08. The second kappa shape index (κ2) is 5.81. The lowest BCUT2D eigenvalue weighted by Gasteiger charge is -2.17. The van der Waals surface area contributed by atoms with Gasteiger partial charge in [0.2, 0.25) is 5.56 Å². The molecule has 0 aliphatic carbocycles. The fourth-order valence-corrected chi connectivity index (χ4v) is 3.51. The average Bonchev–Trinajstić information content (AvgIpc) is 2.89. The van der Waals surface area contributed by atoms with E-state index >= 15 is 0 Å². The van der Waals surface area contributed by atoms with Crippen LogP contribution in [0.1, 0.15) is 17.3 Å². The summed E-state index contributed by atoms with van der Waals surface area (Å²) in [6, 6.07) is 6.60. The summed E-state index contributed by atoms with van der Waals surface area (Å²) in [5.41, 5.74) is 0.489. The maximum absolute atomic E-state index is 12.8. The smallest absolute Gasteiger partial charge is 0.308 e. The molecule has 0 radical (unpaired) electrons. The summed E-state index contributed by atoms with van der Waals surface area (Å²) in [5, 5.41) is 9.84. The third-order valence-electron chi connectivity index (χ3n) is 4.27. The van der Waals surface area contributed by atoms with Crippen molar-refractivity contribution in [1.82, 2.24) is 9.88 Å². The van der Waals surface area contributed by atoms with E-state index in [9.17, 15) is 19.5 Å². The highest BCUT2D eigenvalue weighted by Crippen LogP contribution is 2.28. The van der Waals surface area contributed by atoms with E-state index in [1.54, 1.807) is 18.2 Å². The van der Waals surface area contributed by atoms with Crippen LogP contribution in [0.2, 0.25) is 0 Å². The fourth-order valence-electron chi connectivity index (χ4n) is 3.05. The molecule has 2 atom stereocenters. The van der Waals surface area contributed by atoms with Gasteiger partial charge in [0.25, 0.3) is 5.91 Å². The number of hydrogen-bond acceptors (Lipinski definition) is 3. The van der Waals surface area contributed by atoms with Gasteiger partial charge < -0.3 is 15.0 Å². The molecule has 7 heteroatoms. The second-order valence-corrected chi connectivity index (χ2v) is 6.70. The van der Waals surface area contributed by atoms with Crippen LogP contribution in [0, 0.1) is 11.8 Å². The predicted molar refractivity (Wildman–Crippen MR) is 88.5 cm³/mol. The van der Waals surface area contributed by atoms with E-state index in [0.717, 1.165) is 0 Å². The standard InChI is InChI=1S/C16H15BrN2O4/c1-8-6-19(7-11(8)16(22)23)15(21)10-5-13(20)18-14-9(10)3-2-4-12(14)17/h2-5,8,11H,6-7H2,1H3,(H,18,20)(H,22,23)/t8-,11-/m1/s1. The Morgan fingerprint density at radius 2 is 2.09 bits per heavy atom. The zero-order chi connectivity index (χ0) is 16.7. The third kappa shape index (κ3) is 2.76. The van der Waals surface area contributed by atoms with Gasteiger partial charge in [-0.2, -0.15) is 0 Å². The van der Waals surface area contributed by atoms with Gasteiger partial charge in [0.15, 0.2) is 0 Å². The number of benzene rings is 1. The number of likely N-dealkylation sites (tertiary alicyclic amines) is 1. The van der Waals surface area contributed by atoms with Crippen molar-refractivity contribution in [3.8, 4) is 0 Å². The van der Waals surface area contributed by atoms with Crippen molar-refractivity contribution in [2.45, 2.75) is 6.92 Å². The minimum atomic E-state index is -0.897. The number of carbonyl (C=O) groups is 2. The first kappa shape index (κ1) is 15.7. The van der Waals surface area contributed by atoms with Crippen molar-refractivity contribution in [3.05, 3.63) is 44.7 Å². The molecular formula is C16H15BrN2O4. The third-order valence-corrected chi connectivity index (χ3v) is 4.94. The Kier molecular flexibility index (Phi) is 3.97. The summed E-state index contributed by atoms with van der Waals surface area (Å²) >= 11 is 3.36. The van der Waals surface area contributed by atoms with E-state index in [1.807, 2.05) is 6.92 Å². The van der Waals surface area contributed by atoms with Gasteiger partial charge in [-0.05, 0) is 27.9 Å². The number of H-pyrrole nitrogens is 1. The first-order chi connectivity index (χ1) is 10.9. The van der Waals surface area contributed by atoms with Crippen molar-refractivity contribution in [2.75, 3.05) is 13.1 Å². The number of hydrogen-bond donors (Lipinski definition) is 2. The van der Waals surface area contributed by atoms with Crippen LogP contribution in [0.25, 0.3) is 10.9 Å². The number of aromatic nitrogens is 1. The molecule has 1 aliphatic rings. The van der Waals surface area contributed by atoms with Crippen LogP contribution in [-0.4, -0.2) is 40.0 Å². The van der Waals surface area contributed by atoms with Crippen LogP contribution < -0.4 is 5.56 Å². The van der Waals surface area contributed by atoms with Gasteiger partial charge in [0.1, 0.15) is 0 Å². The molecule has 1 aromatic carbocycles. The van der Waals surface area contributed by atoms with E-state index in [-0.39, 0.29) is 23.9 Å². The van der Waals surface area contributed by atoms with E-state index in [4.69, 9.17) is 0 Å². The molecule has 1 aliphatic heterocycles. The van der Waals surface area contributed by atoms with E-state index in [0.29, 0.717) is 27.5 Å².